The predicted octanol–water partition coefficient (Wildman–Crippen LogP) is 2.47. The Hall–Kier alpha value is -2.44. The molecule has 0 radical (unpaired) electrons. The number of carbonyl (C=O) groups excluding carboxylic acids is 1. The molecule has 1 saturated heterocycles. The lowest BCUT2D eigenvalue weighted by Crippen LogP contribution is -2.42. The van der Waals surface area contributed by atoms with E-state index in [9.17, 15) is 10.1 Å². The molecule has 1 unspecified atom stereocenters. The van der Waals surface area contributed by atoms with Crippen molar-refractivity contribution in [3.8, 4) is 6.07 Å². The third kappa shape index (κ3) is 5.78. The number of amides is 1. The predicted molar refractivity (Wildman–Crippen MR) is 104 cm³/mol. The van der Waals surface area contributed by atoms with E-state index in [2.05, 4.69) is 23.2 Å². The monoisotopic (exact) mass is 407 g/mol. The summed E-state index contributed by atoms with van der Waals surface area (Å²) in [6.07, 6.45) is 7.98. The summed E-state index contributed by atoms with van der Waals surface area (Å²) in [7, 11) is 0. The van der Waals surface area contributed by atoms with Crippen LogP contribution in [0.4, 0.5) is 5.00 Å². The van der Waals surface area contributed by atoms with Crippen LogP contribution < -0.4 is 5.32 Å². The molecule has 9 heteroatoms. The van der Waals surface area contributed by atoms with Gasteiger partial charge in [0.1, 0.15) is 11.1 Å². The third-order valence-corrected chi connectivity index (χ3v) is 6.21. The lowest BCUT2D eigenvalue weighted by molar-refractivity contribution is -0.159. The topological polar surface area (TPSA) is 131 Å². The van der Waals surface area contributed by atoms with Crippen LogP contribution in [-0.2, 0) is 27.2 Å². The van der Waals surface area contributed by atoms with Crippen LogP contribution >= 0.6 is 11.3 Å². The minimum absolute atomic E-state index is 0.0175. The van der Waals surface area contributed by atoms with Crippen molar-refractivity contribution in [2.75, 3.05) is 18.4 Å². The number of nitriles is 1. The van der Waals surface area contributed by atoms with E-state index in [-0.39, 0.29) is 5.91 Å². The van der Waals surface area contributed by atoms with Crippen LogP contribution in [0, 0.1) is 11.3 Å². The number of aryl methyl sites for hydroxylation is 1. The lowest BCUT2D eigenvalue weighted by atomic mass is 9.96. The number of aliphatic carboxylic acids is 2. The Morgan fingerprint density at radius 3 is 2.46 bits per heavy atom. The fourth-order valence-corrected chi connectivity index (χ4v) is 4.77. The van der Waals surface area contributed by atoms with Crippen molar-refractivity contribution in [3.05, 3.63) is 16.0 Å². The summed E-state index contributed by atoms with van der Waals surface area (Å²) in [5.41, 5.74) is 1.89. The molecule has 0 spiro atoms. The van der Waals surface area contributed by atoms with E-state index in [0.717, 1.165) is 30.8 Å². The Morgan fingerprint density at radius 1 is 1.18 bits per heavy atom. The standard InChI is InChI=1S/C17H23N3OS.C2H2O4/c1-12-6-4-5-9-20(12)11-16(21)19-17-14(10-18)13-7-2-3-8-15(13)22-17;3-1(4)2(5)6/h12H,2-9,11H2,1H3,(H,19,21);(H,3,4)(H,5,6). The van der Waals surface area contributed by atoms with E-state index < -0.39 is 11.9 Å². The molecule has 0 bridgehead atoms. The molecule has 1 amide bonds. The minimum atomic E-state index is -1.82. The molecule has 3 rings (SSSR count). The van der Waals surface area contributed by atoms with Crippen molar-refractivity contribution >= 4 is 34.2 Å². The SMILES string of the molecule is CC1CCCCN1CC(=O)Nc1sc2c(c1C#N)CCCC2.O=C(O)C(=O)O. The Kier molecular flexibility index (Phi) is 7.96. The number of likely N-dealkylation sites (tertiary alicyclic amines) is 1. The molecule has 1 aromatic rings. The van der Waals surface area contributed by atoms with E-state index in [0.29, 0.717) is 18.2 Å². The van der Waals surface area contributed by atoms with Crippen LogP contribution in [-0.4, -0.2) is 52.1 Å². The van der Waals surface area contributed by atoms with Gasteiger partial charge in [-0.25, -0.2) is 9.59 Å². The summed E-state index contributed by atoms with van der Waals surface area (Å²) in [6.45, 7) is 3.63. The van der Waals surface area contributed by atoms with Gasteiger partial charge in [-0.15, -0.1) is 11.3 Å². The first-order chi connectivity index (χ1) is 13.3. The van der Waals surface area contributed by atoms with Gasteiger partial charge in [0.05, 0.1) is 12.1 Å². The second kappa shape index (κ2) is 10.2. The zero-order valence-corrected chi connectivity index (χ0v) is 16.7. The number of carboxylic acids is 2. The molecule has 0 saturated carbocycles. The van der Waals surface area contributed by atoms with Gasteiger partial charge < -0.3 is 15.5 Å². The summed E-state index contributed by atoms with van der Waals surface area (Å²) in [5, 5.41) is 28.0. The second-order valence-electron chi connectivity index (χ2n) is 7.00. The Morgan fingerprint density at radius 2 is 1.86 bits per heavy atom. The average Bonchev–Trinajstić information content (AvgIpc) is 3.00. The van der Waals surface area contributed by atoms with Crippen molar-refractivity contribution in [2.24, 2.45) is 0 Å². The quantitative estimate of drug-likeness (QED) is 0.656. The number of carbonyl (C=O) groups is 3. The fourth-order valence-electron chi connectivity index (χ4n) is 3.52. The number of rotatable bonds is 3. The van der Waals surface area contributed by atoms with E-state index in [1.165, 1.54) is 36.1 Å². The first-order valence-electron chi connectivity index (χ1n) is 9.38. The molecular formula is C19H25N3O5S. The number of thiophene rings is 1. The Balaban J connectivity index is 0.000000409. The van der Waals surface area contributed by atoms with E-state index >= 15 is 0 Å². The number of anilines is 1. The highest BCUT2D eigenvalue weighted by atomic mass is 32.1. The minimum Gasteiger partial charge on any atom is -0.473 e. The highest BCUT2D eigenvalue weighted by Gasteiger charge is 2.24. The third-order valence-electron chi connectivity index (χ3n) is 5.01. The van der Waals surface area contributed by atoms with Crippen LogP contribution in [0.1, 0.15) is 55.0 Å². The van der Waals surface area contributed by atoms with Gasteiger partial charge in [0, 0.05) is 10.9 Å². The maximum Gasteiger partial charge on any atom is 0.414 e. The van der Waals surface area contributed by atoms with Gasteiger partial charge in [-0.05, 0) is 57.6 Å². The highest BCUT2D eigenvalue weighted by molar-refractivity contribution is 7.16. The zero-order chi connectivity index (χ0) is 20.7. The number of piperidine rings is 1. The molecule has 0 aromatic carbocycles. The molecule has 1 aromatic heterocycles. The van der Waals surface area contributed by atoms with Crippen LogP contribution in [0.15, 0.2) is 0 Å². The molecule has 1 atom stereocenters. The van der Waals surface area contributed by atoms with E-state index in [1.807, 2.05) is 0 Å². The Labute approximate surface area is 167 Å². The van der Waals surface area contributed by atoms with Crippen LogP contribution in [0.25, 0.3) is 0 Å². The largest absolute Gasteiger partial charge is 0.473 e. The van der Waals surface area contributed by atoms with Gasteiger partial charge in [-0.3, -0.25) is 9.69 Å². The molecule has 28 heavy (non-hydrogen) atoms. The van der Waals surface area contributed by atoms with Gasteiger partial charge in [0.2, 0.25) is 5.91 Å². The van der Waals surface area contributed by atoms with Gasteiger partial charge >= 0.3 is 11.9 Å². The molecule has 1 aliphatic heterocycles. The van der Waals surface area contributed by atoms with Gasteiger partial charge in [0.25, 0.3) is 0 Å². The summed E-state index contributed by atoms with van der Waals surface area (Å²) >= 11 is 1.60. The van der Waals surface area contributed by atoms with Crippen molar-refractivity contribution < 1.29 is 24.6 Å². The lowest BCUT2D eigenvalue weighted by Gasteiger charge is -2.32. The smallest absolute Gasteiger partial charge is 0.414 e. The summed E-state index contributed by atoms with van der Waals surface area (Å²) < 4.78 is 0. The highest BCUT2D eigenvalue weighted by Crippen LogP contribution is 2.37. The average molecular weight is 407 g/mol. The first kappa shape index (κ1) is 21.9. The second-order valence-corrected chi connectivity index (χ2v) is 8.11. The van der Waals surface area contributed by atoms with Crippen LogP contribution in [0.2, 0.25) is 0 Å². The number of nitrogens with one attached hydrogen (secondary N) is 1. The molecular weight excluding hydrogens is 382 g/mol. The normalized spacial score (nSPS) is 18.8. The van der Waals surface area contributed by atoms with Crippen LogP contribution in [0.3, 0.4) is 0 Å². The number of nitrogens with zero attached hydrogens (tertiary/aromatic N) is 2. The maximum atomic E-state index is 12.4. The summed E-state index contributed by atoms with van der Waals surface area (Å²) in [6, 6.07) is 2.78. The molecule has 8 nitrogen and oxygen atoms in total. The van der Waals surface area contributed by atoms with Crippen molar-refractivity contribution in [1.29, 1.82) is 5.26 Å². The maximum absolute atomic E-state index is 12.4. The molecule has 3 N–H and O–H groups in total. The number of hydrogen-bond acceptors (Lipinski definition) is 6. The van der Waals surface area contributed by atoms with Crippen LogP contribution in [0.5, 0.6) is 0 Å². The summed E-state index contributed by atoms with van der Waals surface area (Å²) in [5.74, 6) is -3.63. The zero-order valence-electron chi connectivity index (χ0n) is 15.9. The first-order valence-corrected chi connectivity index (χ1v) is 10.2. The van der Waals surface area contributed by atoms with Crippen molar-refractivity contribution in [2.45, 2.75) is 57.9 Å². The molecule has 152 valence electrons. The Bertz CT molecular complexity index is 771. The number of carboxylic acid groups (broad SMARTS) is 2. The molecule has 1 aliphatic carbocycles. The van der Waals surface area contributed by atoms with Gasteiger partial charge in [0.15, 0.2) is 0 Å². The summed E-state index contributed by atoms with van der Waals surface area (Å²) in [4.78, 5) is 34.1. The van der Waals surface area contributed by atoms with Gasteiger partial charge in [-0.1, -0.05) is 6.42 Å². The molecule has 1 fully saturated rings. The number of fused-ring (bicyclic) bond motifs is 1. The number of hydrogen-bond donors (Lipinski definition) is 3. The fraction of sp³-hybridized carbons (Fsp3) is 0.579. The van der Waals surface area contributed by atoms with Crippen molar-refractivity contribution in [1.82, 2.24) is 4.90 Å². The molecule has 2 heterocycles. The molecule has 2 aliphatic rings. The van der Waals surface area contributed by atoms with E-state index in [4.69, 9.17) is 19.8 Å². The van der Waals surface area contributed by atoms with Gasteiger partial charge in [-0.2, -0.15) is 5.26 Å². The van der Waals surface area contributed by atoms with E-state index in [1.54, 1.807) is 11.3 Å². The van der Waals surface area contributed by atoms with Crippen molar-refractivity contribution in [3.63, 3.8) is 0 Å².